The molecule has 0 aromatic carbocycles. The van der Waals surface area contributed by atoms with Gasteiger partial charge in [0.05, 0.1) is 5.02 Å². The topological polar surface area (TPSA) is 71.1 Å². The fourth-order valence-electron chi connectivity index (χ4n) is 1.38. The third-order valence-corrected chi connectivity index (χ3v) is 5.10. The molecular formula is C13H22ClN3O2S. The molecule has 0 saturated carbocycles. The smallest absolute Gasteiger partial charge is 0.242 e. The average Bonchev–Trinajstić information content (AvgIpc) is 2.34. The summed E-state index contributed by atoms with van der Waals surface area (Å²) in [7, 11) is -1.92. The molecule has 20 heavy (non-hydrogen) atoms. The predicted octanol–water partition coefficient (Wildman–Crippen LogP) is 2.74. The van der Waals surface area contributed by atoms with Crippen molar-refractivity contribution < 1.29 is 8.42 Å². The fraction of sp³-hybridized carbons (Fsp3) is 0.615. The molecule has 1 atom stereocenters. The van der Waals surface area contributed by atoms with Crippen molar-refractivity contribution in [2.75, 3.05) is 18.9 Å². The molecule has 7 heteroatoms. The van der Waals surface area contributed by atoms with Gasteiger partial charge in [-0.2, -0.15) is 0 Å². The summed E-state index contributed by atoms with van der Waals surface area (Å²) in [6.45, 7) is 8.61. The van der Waals surface area contributed by atoms with E-state index in [1.54, 1.807) is 7.05 Å². The van der Waals surface area contributed by atoms with Gasteiger partial charge in [-0.15, -0.1) is 0 Å². The van der Waals surface area contributed by atoms with E-state index in [0.717, 1.165) is 0 Å². The van der Waals surface area contributed by atoms with Gasteiger partial charge in [0.2, 0.25) is 10.0 Å². The first-order valence-corrected chi connectivity index (χ1v) is 8.27. The molecule has 0 bridgehead atoms. The lowest BCUT2D eigenvalue weighted by molar-refractivity contribution is 0.263. The third-order valence-electron chi connectivity index (χ3n) is 3.42. The summed E-state index contributed by atoms with van der Waals surface area (Å²) in [6.07, 6.45) is 1.29. The SMILES string of the molecule is CNc1ncc(S(=O)(=O)NCC(C)C(C)(C)C)cc1Cl. The molecule has 0 aliphatic carbocycles. The number of halogens is 1. The van der Waals surface area contributed by atoms with Crippen molar-refractivity contribution in [1.82, 2.24) is 9.71 Å². The highest BCUT2D eigenvalue weighted by molar-refractivity contribution is 7.89. The molecule has 2 N–H and O–H groups in total. The first-order chi connectivity index (χ1) is 9.08. The maximum absolute atomic E-state index is 12.2. The van der Waals surface area contributed by atoms with Crippen LogP contribution in [0.25, 0.3) is 0 Å². The monoisotopic (exact) mass is 319 g/mol. The van der Waals surface area contributed by atoms with Crippen LogP contribution in [0.4, 0.5) is 5.82 Å². The van der Waals surface area contributed by atoms with Gasteiger partial charge in [0, 0.05) is 19.8 Å². The first-order valence-electron chi connectivity index (χ1n) is 6.41. The van der Waals surface area contributed by atoms with Crippen LogP contribution in [-0.4, -0.2) is 27.0 Å². The van der Waals surface area contributed by atoms with Crippen LogP contribution < -0.4 is 10.0 Å². The lowest BCUT2D eigenvalue weighted by atomic mass is 9.82. The molecule has 1 unspecified atom stereocenters. The Hall–Kier alpha value is -0.850. The first kappa shape index (κ1) is 17.2. The van der Waals surface area contributed by atoms with Crippen molar-refractivity contribution in [2.24, 2.45) is 11.3 Å². The van der Waals surface area contributed by atoms with Crippen molar-refractivity contribution in [3.8, 4) is 0 Å². The molecule has 114 valence electrons. The number of nitrogens with one attached hydrogen (secondary N) is 2. The van der Waals surface area contributed by atoms with Gasteiger partial charge >= 0.3 is 0 Å². The number of aromatic nitrogens is 1. The Labute approximate surface area is 126 Å². The van der Waals surface area contributed by atoms with Gasteiger partial charge in [-0.3, -0.25) is 0 Å². The quantitative estimate of drug-likeness (QED) is 0.875. The maximum Gasteiger partial charge on any atom is 0.242 e. The van der Waals surface area contributed by atoms with Crippen LogP contribution in [0.15, 0.2) is 17.2 Å². The van der Waals surface area contributed by atoms with E-state index < -0.39 is 10.0 Å². The Bertz CT molecular complexity index is 567. The van der Waals surface area contributed by atoms with E-state index in [-0.39, 0.29) is 21.3 Å². The maximum atomic E-state index is 12.2. The van der Waals surface area contributed by atoms with E-state index >= 15 is 0 Å². The minimum Gasteiger partial charge on any atom is -0.372 e. The molecule has 0 saturated heterocycles. The minimum absolute atomic E-state index is 0.0361. The van der Waals surface area contributed by atoms with Gasteiger partial charge < -0.3 is 5.32 Å². The zero-order valence-corrected chi connectivity index (χ0v) is 14.1. The number of hydrogen-bond donors (Lipinski definition) is 2. The lowest BCUT2D eigenvalue weighted by Gasteiger charge is -2.27. The highest BCUT2D eigenvalue weighted by Crippen LogP contribution is 2.25. The molecule has 1 heterocycles. The number of sulfonamides is 1. The van der Waals surface area contributed by atoms with Crippen LogP contribution in [0.2, 0.25) is 5.02 Å². The summed E-state index contributed by atoms with van der Waals surface area (Å²) >= 11 is 5.95. The van der Waals surface area contributed by atoms with E-state index in [1.807, 2.05) is 6.92 Å². The van der Waals surface area contributed by atoms with Crippen molar-refractivity contribution >= 4 is 27.4 Å². The number of hydrogen-bond acceptors (Lipinski definition) is 4. The van der Waals surface area contributed by atoms with E-state index in [4.69, 9.17) is 11.6 Å². The Balaban J connectivity index is 2.87. The molecule has 5 nitrogen and oxygen atoms in total. The molecule has 0 amide bonds. The number of pyridine rings is 1. The molecule has 0 aliphatic rings. The molecule has 1 aromatic rings. The van der Waals surface area contributed by atoms with Gasteiger partial charge in [-0.25, -0.2) is 18.1 Å². The second-order valence-electron chi connectivity index (χ2n) is 5.87. The zero-order chi connectivity index (χ0) is 15.6. The highest BCUT2D eigenvalue weighted by atomic mass is 35.5. The summed E-state index contributed by atoms with van der Waals surface area (Å²) in [5.74, 6) is 0.658. The van der Waals surface area contributed by atoms with Crippen LogP contribution in [0.5, 0.6) is 0 Å². The average molecular weight is 320 g/mol. The molecule has 0 radical (unpaired) electrons. The molecule has 0 fully saturated rings. The van der Waals surface area contributed by atoms with Gasteiger partial charge in [0.25, 0.3) is 0 Å². The van der Waals surface area contributed by atoms with Gasteiger partial charge in [0.1, 0.15) is 10.7 Å². The van der Waals surface area contributed by atoms with Crippen molar-refractivity contribution in [3.63, 3.8) is 0 Å². The summed E-state index contributed by atoms with van der Waals surface area (Å²) in [5, 5.41) is 3.06. The summed E-state index contributed by atoms with van der Waals surface area (Å²) in [6, 6.07) is 1.39. The second-order valence-corrected chi connectivity index (χ2v) is 8.04. The Kier molecular flexibility index (Phi) is 5.40. The zero-order valence-electron chi connectivity index (χ0n) is 12.5. The fourth-order valence-corrected chi connectivity index (χ4v) is 2.80. The highest BCUT2D eigenvalue weighted by Gasteiger charge is 2.23. The van der Waals surface area contributed by atoms with Gasteiger partial charge in [-0.1, -0.05) is 39.3 Å². The van der Waals surface area contributed by atoms with Gasteiger partial charge in [0.15, 0.2) is 0 Å². The minimum atomic E-state index is -3.59. The van der Waals surface area contributed by atoms with Crippen molar-refractivity contribution in [3.05, 3.63) is 17.3 Å². The molecule has 0 spiro atoms. The number of anilines is 1. The van der Waals surface area contributed by atoms with Crippen LogP contribution in [0.1, 0.15) is 27.7 Å². The molecule has 1 rings (SSSR count). The summed E-state index contributed by atoms with van der Waals surface area (Å²) < 4.78 is 27.0. The molecule has 0 aliphatic heterocycles. The summed E-state index contributed by atoms with van der Waals surface area (Å²) in [4.78, 5) is 4.05. The largest absolute Gasteiger partial charge is 0.372 e. The van der Waals surface area contributed by atoms with E-state index in [0.29, 0.717) is 12.4 Å². The molecule has 1 aromatic heterocycles. The third kappa shape index (κ3) is 4.33. The number of rotatable bonds is 5. The second kappa shape index (κ2) is 6.28. The summed E-state index contributed by atoms with van der Waals surface area (Å²) in [5.41, 5.74) is 0.0361. The molecular weight excluding hydrogens is 298 g/mol. The van der Waals surface area contributed by atoms with Crippen LogP contribution in [-0.2, 0) is 10.0 Å². The van der Waals surface area contributed by atoms with Crippen molar-refractivity contribution in [1.29, 1.82) is 0 Å². The van der Waals surface area contributed by atoms with Crippen LogP contribution in [0.3, 0.4) is 0 Å². The lowest BCUT2D eigenvalue weighted by Crippen LogP contribution is -2.33. The predicted molar refractivity (Wildman–Crippen MR) is 82.6 cm³/mol. The Morgan fingerprint density at radius 2 is 2.00 bits per heavy atom. The normalized spacial score (nSPS) is 14.1. The van der Waals surface area contributed by atoms with E-state index in [2.05, 4.69) is 35.8 Å². The van der Waals surface area contributed by atoms with Gasteiger partial charge in [-0.05, 0) is 17.4 Å². The van der Waals surface area contributed by atoms with Crippen LogP contribution in [0, 0.1) is 11.3 Å². The standard InChI is InChI=1S/C13H22ClN3O2S/c1-9(13(2,3)4)7-17-20(18,19)10-6-11(14)12(15-5)16-8-10/h6,8-9,17H,7H2,1-5H3,(H,15,16). The Morgan fingerprint density at radius 3 is 2.45 bits per heavy atom. The Morgan fingerprint density at radius 1 is 1.40 bits per heavy atom. The van der Waals surface area contributed by atoms with Crippen molar-refractivity contribution in [2.45, 2.75) is 32.6 Å². The van der Waals surface area contributed by atoms with E-state index in [1.165, 1.54) is 12.3 Å². The number of nitrogens with zero attached hydrogens (tertiary/aromatic N) is 1. The van der Waals surface area contributed by atoms with E-state index in [9.17, 15) is 8.42 Å². The van der Waals surface area contributed by atoms with Crippen LogP contribution >= 0.6 is 11.6 Å².